The molecule has 3 heterocycles. The van der Waals surface area contributed by atoms with Crippen LogP contribution in [-0.4, -0.2) is 50.6 Å². The van der Waals surface area contributed by atoms with Gasteiger partial charge in [-0.15, -0.1) is 0 Å². The minimum Gasteiger partial charge on any atom is -0.496 e. The molecule has 0 unspecified atom stereocenters. The third kappa shape index (κ3) is 4.10. The molecule has 0 saturated carbocycles. The molecule has 0 N–H and O–H groups in total. The molecular formula is C21H23F2N5O2. The molecule has 0 spiro atoms. The van der Waals surface area contributed by atoms with E-state index in [9.17, 15) is 13.6 Å². The van der Waals surface area contributed by atoms with Crippen LogP contribution in [0.15, 0.2) is 36.7 Å². The Balaban J connectivity index is 1.38. The summed E-state index contributed by atoms with van der Waals surface area (Å²) >= 11 is 0. The van der Waals surface area contributed by atoms with Crippen LogP contribution in [0.3, 0.4) is 0 Å². The molecule has 1 aliphatic rings. The molecule has 2 aromatic heterocycles. The van der Waals surface area contributed by atoms with E-state index in [1.807, 2.05) is 29.2 Å². The standard InChI is InChI=1S/C21H23F2N5O2/c1-30-18-5-3-2-4-15(18)6-7-19(29)27-10-8-14(9-11-27)16-12-17(20(22)23)28-21(26-16)24-13-25-28/h2-5,12-14,20H,6-11H2,1H3. The summed E-state index contributed by atoms with van der Waals surface area (Å²) in [4.78, 5) is 22.9. The van der Waals surface area contributed by atoms with Crippen LogP contribution in [0.25, 0.3) is 5.78 Å². The number of nitrogens with zero attached hydrogens (tertiary/aromatic N) is 5. The maximum atomic E-state index is 13.4. The SMILES string of the molecule is COc1ccccc1CCC(=O)N1CCC(c2cc(C(F)F)n3ncnc3n2)CC1. The predicted molar refractivity (Wildman–Crippen MR) is 106 cm³/mol. The predicted octanol–water partition coefficient (Wildman–Crippen LogP) is 3.41. The number of fused-ring (bicyclic) bond motifs is 1. The average molecular weight is 415 g/mol. The summed E-state index contributed by atoms with van der Waals surface area (Å²) in [6, 6.07) is 9.10. The largest absolute Gasteiger partial charge is 0.496 e. The molecule has 158 valence electrons. The molecule has 3 aromatic rings. The molecule has 0 atom stereocenters. The third-order valence-corrected chi connectivity index (χ3v) is 5.59. The number of likely N-dealkylation sites (tertiary alicyclic amines) is 1. The first-order chi connectivity index (χ1) is 14.6. The fourth-order valence-corrected chi connectivity index (χ4v) is 3.95. The van der Waals surface area contributed by atoms with E-state index < -0.39 is 6.43 Å². The number of para-hydroxylation sites is 1. The van der Waals surface area contributed by atoms with Crippen molar-refractivity contribution < 1.29 is 18.3 Å². The van der Waals surface area contributed by atoms with Crippen LogP contribution in [0, 0.1) is 0 Å². The maximum absolute atomic E-state index is 13.4. The molecule has 0 radical (unpaired) electrons. The monoisotopic (exact) mass is 415 g/mol. The van der Waals surface area contributed by atoms with Gasteiger partial charge in [-0.3, -0.25) is 4.79 Å². The highest BCUT2D eigenvalue weighted by Gasteiger charge is 2.26. The summed E-state index contributed by atoms with van der Waals surface area (Å²) < 4.78 is 33.2. The number of benzene rings is 1. The summed E-state index contributed by atoms with van der Waals surface area (Å²) in [6.07, 6.45) is 0.949. The Hall–Kier alpha value is -3.10. The smallest absolute Gasteiger partial charge is 0.280 e. The van der Waals surface area contributed by atoms with Gasteiger partial charge in [0.1, 0.15) is 17.8 Å². The van der Waals surface area contributed by atoms with Crippen molar-refractivity contribution in [3.8, 4) is 5.75 Å². The van der Waals surface area contributed by atoms with Gasteiger partial charge in [-0.25, -0.2) is 13.8 Å². The first-order valence-electron chi connectivity index (χ1n) is 9.95. The summed E-state index contributed by atoms with van der Waals surface area (Å²) in [7, 11) is 1.62. The van der Waals surface area contributed by atoms with E-state index in [-0.39, 0.29) is 23.3 Å². The van der Waals surface area contributed by atoms with E-state index in [1.54, 1.807) is 7.11 Å². The van der Waals surface area contributed by atoms with Crippen molar-refractivity contribution in [2.45, 2.75) is 38.0 Å². The van der Waals surface area contributed by atoms with Crippen LogP contribution in [0.2, 0.25) is 0 Å². The van der Waals surface area contributed by atoms with Crippen molar-refractivity contribution in [3.05, 3.63) is 53.6 Å². The second-order valence-electron chi connectivity index (χ2n) is 7.35. The van der Waals surface area contributed by atoms with Crippen molar-refractivity contribution in [2.75, 3.05) is 20.2 Å². The number of carbonyl (C=O) groups is 1. The van der Waals surface area contributed by atoms with Crippen LogP contribution < -0.4 is 4.74 Å². The highest BCUT2D eigenvalue weighted by Crippen LogP contribution is 2.30. The topological polar surface area (TPSA) is 72.6 Å². The van der Waals surface area contributed by atoms with E-state index in [4.69, 9.17) is 4.74 Å². The zero-order chi connectivity index (χ0) is 21.1. The van der Waals surface area contributed by atoms with Gasteiger partial charge in [0.25, 0.3) is 12.2 Å². The van der Waals surface area contributed by atoms with E-state index in [1.165, 1.54) is 12.4 Å². The number of aromatic nitrogens is 4. The fourth-order valence-electron chi connectivity index (χ4n) is 3.95. The van der Waals surface area contributed by atoms with Crippen molar-refractivity contribution in [2.24, 2.45) is 0 Å². The van der Waals surface area contributed by atoms with E-state index in [2.05, 4.69) is 15.1 Å². The number of piperidine rings is 1. The molecule has 1 aliphatic heterocycles. The fraction of sp³-hybridized carbons (Fsp3) is 0.429. The number of ether oxygens (including phenoxy) is 1. The molecule has 1 fully saturated rings. The van der Waals surface area contributed by atoms with Gasteiger partial charge < -0.3 is 9.64 Å². The Labute approximate surface area is 172 Å². The Morgan fingerprint density at radius 2 is 2.03 bits per heavy atom. The molecule has 1 saturated heterocycles. The lowest BCUT2D eigenvalue weighted by Gasteiger charge is -2.32. The normalized spacial score (nSPS) is 15.1. The Morgan fingerprint density at radius 3 is 2.77 bits per heavy atom. The van der Waals surface area contributed by atoms with Crippen molar-refractivity contribution in [1.82, 2.24) is 24.5 Å². The zero-order valence-corrected chi connectivity index (χ0v) is 16.7. The second kappa shape index (κ2) is 8.73. The van der Waals surface area contributed by atoms with Crippen LogP contribution in [0.5, 0.6) is 5.75 Å². The summed E-state index contributed by atoms with van der Waals surface area (Å²) in [5.74, 6) is 1.07. The minimum atomic E-state index is -2.66. The molecule has 0 aliphatic carbocycles. The number of hydrogen-bond donors (Lipinski definition) is 0. The Kier molecular flexibility index (Phi) is 5.87. The van der Waals surface area contributed by atoms with Gasteiger partial charge in [0.05, 0.1) is 7.11 Å². The third-order valence-electron chi connectivity index (χ3n) is 5.59. The van der Waals surface area contributed by atoms with Gasteiger partial charge in [0, 0.05) is 31.1 Å². The molecular weight excluding hydrogens is 392 g/mol. The van der Waals surface area contributed by atoms with Gasteiger partial charge in [0.2, 0.25) is 5.91 Å². The molecule has 1 amide bonds. The quantitative estimate of drug-likeness (QED) is 0.617. The lowest BCUT2D eigenvalue weighted by Crippen LogP contribution is -2.38. The number of halogens is 2. The molecule has 4 rings (SSSR count). The summed E-state index contributed by atoms with van der Waals surface area (Å²) in [5, 5.41) is 3.82. The van der Waals surface area contributed by atoms with Crippen molar-refractivity contribution in [1.29, 1.82) is 0 Å². The first kappa shape index (κ1) is 20.2. The maximum Gasteiger partial charge on any atom is 0.280 e. The summed E-state index contributed by atoms with van der Waals surface area (Å²) in [6.45, 7) is 1.16. The average Bonchev–Trinajstić information content (AvgIpc) is 3.25. The van der Waals surface area contributed by atoms with E-state index in [0.717, 1.165) is 15.8 Å². The molecule has 0 bridgehead atoms. The first-order valence-corrected chi connectivity index (χ1v) is 9.95. The number of methoxy groups -OCH3 is 1. The number of alkyl halides is 2. The van der Waals surface area contributed by atoms with Gasteiger partial charge in [-0.2, -0.15) is 14.6 Å². The Morgan fingerprint density at radius 1 is 1.27 bits per heavy atom. The lowest BCUT2D eigenvalue weighted by atomic mass is 9.92. The highest BCUT2D eigenvalue weighted by atomic mass is 19.3. The number of aryl methyl sites for hydroxylation is 1. The molecule has 9 heteroatoms. The zero-order valence-electron chi connectivity index (χ0n) is 16.7. The van der Waals surface area contributed by atoms with Gasteiger partial charge in [0.15, 0.2) is 0 Å². The molecule has 7 nitrogen and oxygen atoms in total. The van der Waals surface area contributed by atoms with E-state index >= 15 is 0 Å². The molecule has 1 aromatic carbocycles. The number of rotatable bonds is 6. The number of carbonyl (C=O) groups excluding carboxylic acids is 1. The van der Waals surface area contributed by atoms with Crippen LogP contribution in [0.4, 0.5) is 8.78 Å². The van der Waals surface area contributed by atoms with Gasteiger partial charge in [-0.05, 0) is 37.0 Å². The minimum absolute atomic E-state index is 0.0162. The van der Waals surface area contributed by atoms with Crippen molar-refractivity contribution >= 4 is 11.7 Å². The molecule has 30 heavy (non-hydrogen) atoms. The van der Waals surface area contributed by atoms with Crippen LogP contribution in [-0.2, 0) is 11.2 Å². The highest BCUT2D eigenvalue weighted by molar-refractivity contribution is 5.76. The second-order valence-corrected chi connectivity index (χ2v) is 7.35. The number of hydrogen-bond acceptors (Lipinski definition) is 5. The lowest BCUT2D eigenvalue weighted by molar-refractivity contribution is -0.132. The Bertz CT molecular complexity index is 1030. The van der Waals surface area contributed by atoms with Gasteiger partial charge in [-0.1, -0.05) is 18.2 Å². The number of amides is 1. The van der Waals surface area contributed by atoms with Crippen molar-refractivity contribution in [3.63, 3.8) is 0 Å². The van der Waals surface area contributed by atoms with E-state index in [0.29, 0.717) is 44.5 Å². The van der Waals surface area contributed by atoms with Crippen LogP contribution in [0.1, 0.15) is 48.6 Å². The summed E-state index contributed by atoms with van der Waals surface area (Å²) in [5.41, 5.74) is 1.39. The van der Waals surface area contributed by atoms with Gasteiger partial charge >= 0.3 is 0 Å². The van der Waals surface area contributed by atoms with Crippen LogP contribution >= 0.6 is 0 Å².